The van der Waals surface area contributed by atoms with Crippen molar-refractivity contribution in [1.29, 1.82) is 0 Å². The first kappa shape index (κ1) is 20.0. The van der Waals surface area contributed by atoms with Crippen LogP contribution in [-0.4, -0.2) is 39.8 Å². The summed E-state index contributed by atoms with van der Waals surface area (Å²) in [5.74, 6) is 0.468. The second-order valence-electron chi connectivity index (χ2n) is 5.68. The van der Waals surface area contributed by atoms with Gasteiger partial charge in [0.05, 0.1) is 5.75 Å². The molecule has 0 fully saturated rings. The van der Waals surface area contributed by atoms with Crippen molar-refractivity contribution in [2.45, 2.75) is 23.7 Å². The lowest BCUT2D eigenvalue weighted by molar-refractivity contribution is -0.113. The Kier molecular flexibility index (Phi) is 6.07. The third-order valence-electron chi connectivity index (χ3n) is 3.71. The van der Waals surface area contributed by atoms with E-state index in [4.69, 9.17) is 5.14 Å². The maximum absolute atomic E-state index is 12.1. The highest BCUT2D eigenvalue weighted by atomic mass is 32.2. The van der Waals surface area contributed by atoms with Crippen molar-refractivity contribution >= 4 is 33.4 Å². The van der Waals surface area contributed by atoms with E-state index in [1.807, 2.05) is 37.3 Å². The number of nitrogens with one attached hydrogen (secondary N) is 1. The highest BCUT2D eigenvalue weighted by Gasteiger charge is 2.17. The topological polar surface area (TPSA) is 133 Å². The minimum absolute atomic E-state index is 0.159. The molecule has 0 atom stereocenters. The molecule has 0 unspecified atom stereocenters. The van der Waals surface area contributed by atoms with Crippen LogP contribution in [0.4, 0.5) is 5.69 Å². The molecule has 3 aromatic rings. The number of primary sulfonamides is 1. The molecule has 0 bridgehead atoms. The Hall–Kier alpha value is -2.76. The SMILES string of the molecule is CCn1c(SCC(=O)Nc2ccccc2)nnc1-c1ccnc(S(N)(=O)=O)c1. The van der Waals surface area contributed by atoms with Gasteiger partial charge in [0.1, 0.15) is 0 Å². The Bertz CT molecular complexity index is 1080. The Morgan fingerprint density at radius 2 is 1.96 bits per heavy atom. The number of nitrogens with two attached hydrogens (primary N) is 1. The number of aromatic nitrogens is 4. The van der Waals surface area contributed by atoms with Crippen molar-refractivity contribution in [3.8, 4) is 11.4 Å². The zero-order chi connectivity index (χ0) is 20.1. The van der Waals surface area contributed by atoms with Crippen LogP contribution in [-0.2, 0) is 21.4 Å². The number of amides is 1. The molecule has 1 amide bonds. The van der Waals surface area contributed by atoms with Gasteiger partial charge in [-0.2, -0.15) is 0 Å². The van der Waals surface area contributed by atoms with Gasteiger partial charge in [0.2, 0.25) is 5.91 Å². The van der Waals surface area contributed by atoms with Crippen LogP contribution in [0.2, 0.25) is 0 Å². The van der Waals surface area contributed by atoms with Crippen LogP contribution < -0.4 is 10.5 Å². The fourth-order valence-corrected chi connectivity index (χ4v) is 3.75. The summed E-state index contributed by atoms with van der Waals surface area (Å²) in [6.07, 6.45) is 1.35. The van der Waals surface area contributed by atoms with Crippen molar-refractivity contribution in [1.82, 2.24) is 19.7 Å². The minimum atomic E-state index is -3.92. The van der Waals surface area contributed by atoms with Crippen molar-refractivity contribution < 1.29 is 13.2 Å². The lowest BCUT2D eigenvalue weighted by Crippen LogP contribution is -2.14. The number of benzene rings is 1. The van der Waals surface area contributed by atoms with Crippen LogP contribution in [0.5, 0.6) is 0 Å². The van der Waals surface area contributed by atoms with Crippen molar-refractivity contribution in [2.24, 2.45) is 5.14 Å². The van der Waals surface area contributed by atoms with Crippen LogP contribution in [0.25, 0.3) is 11.4 Å². The molecule has 0 aliphatic heterocycles. The zero-order valence-corrected chi connectivity index (χ0v) is 16.6. The van der Waals surface area contributed by atoms with Gasteiger partial charge in [-0.25, -0.2) is 18.5 Å². The van der Waals surface area contributed by atoms with Crippen LogP contribution in [0, 0.1) is 0 Å². The Morgan fingerprint density at radius 1 is 1.21 bits per heavy atom. The number of rotatable bonds is 7. The molecular formula is C17H18N6O3S2. The first-order valence-corrected chi connectivity index (χ1v) is 10.8. The molecule has 11 heteroatoms. The lowest BCUT2D eigenvalue weighted by Gasteiger charge is -2.08. The summed E-state index contributed by atoms with van der Waals surface area (Å²) in [4.78, 5) is 15.9. The minimum Gasteiger partial charge on any atom is -0.325 e. The molecule has 0 saturated carbocycles. The van der Waals surface area contributed by atoms with Gasteiger partial charge in [-0.1, -0.05) is 30.0 Å². The second kappa shape index (κ2) is 8.50. The number of thioether (sulfide) groups is 1. The van der Waals surface area contributed by atoms with Crippen molar-refractivity contribution in [3.63, 3.8) is 0 Å². The summed E-state index contributed by atoms with van der Waals surface area (Å²) in [5, 5.41) is 16.5. The van der Waals surface area contributed by atoms with Crippen molar-refractivity contribution in [3.05, 3.63) is 48.7 Å². The smallest absolute Gasteiger partial charge is 0.255 e. The normalized spacial score (nSPS) is 11.4. The van der Waals surface area contributed by atoms with Crippen LogP contribution in [0.1, 0.15) is 6.92 Å². The molecule has 3 N–H and O–H groups in total. The van der Waals surface area contributed by atoms with Gasteiger partial charge in [-0.3, -0.25) is 4.79 Å². The summed E-state index contributed by atoms with van der Waals surface area (Å²) in [6, 6.07) is 12.1. The van der Waals surface area contributed by atoms with E-state index in [9.17, 15) is 13.2 Å². The molecule has 0 radical (unpaired) electrons. The number of anilines is 1. The molecule has 2 heterocycles. The fraction of sp³-hybridized carbons (Fsp3) is 0.176. The summed E-state index contributed by atoms with van der Waals surface area (Å²) in [6.45, 7) is 2.45. The summed E-state index contributed by atoms with van der Waals surface area (Å²) >= 11 is 1.24. The number of hydrogen-bond donors (Lipinski definition) is 2. The average molecular weight is 419 g/mol. The van der Waals surface area contributed by atoms with Gasteiger partial charge in [0, 0.05) is 24.0 Å². The number of hydrogen-bond acceptors (Lipinski definition) is 7. The highest BCUT2D eigenvalue weighted by molar-refractivity contribution is 7.99. The Labute approximate surface area is 166 Å². The predicted molar refractivity (Wildman–Crippen MR) is 106 cm³/mol. The van der Waals surface area contributed by atoms with Gasteiger partial charge in [0.25, 0.3) is 10.0 Å². The van der Waals surface area contributed by atoms with E-state index in [1.165, 1.54) is 24.0 Å². The van der Waals surface area contributed by atoms with E-state index in [1.54, 1.807) is 10.6 Å². The van der Waals surface area contributed by atoms with Gasteiger partial charge in [0.15, 0.2) is 16.0 Å². The molecule has 9 nitrogen and oxygen atoms in total. The number of para-hydroxylation sites is 1. The van der Waals surface area contributed by atoms with E-state index in [2.05, 4.69) is 20.5 Å². The first-order valence-electron chi connectivity index (χ1n) is 8.28. The third kappa shape index (κ3) is 4.74. The second-order valence-corrected chi connectivity index (χ2v) is 8.13. The number of carbonyl (C=O) groups is 1. The van der Waals surface area contributed by atoms with Crippen LogP contribution >= 0.6 is 11.8 Å². The van der Waals surface area contributed by atoms with Gasteiger partial charge in [-0.05, 0) is 31.2 Å². The molecule has 28 heavy (non-hydrogen) atoms. The molecule has 3 rings (SSSR count). The van der Waals surface area contributed by atoms with E-state index in [0.29, 0.717) is 23.1 Å². The lowest BCUT2D eigenvalue weighted by atomic mass is 10.2. The number of nitrogens with zero attached hydrogens (tertiary/aromatic N) is 4. The molecule has 0 aliphatic rings. The zero-order valence-electron chi connectivity index (χ0n) is 14.9. The number of sulfonamides is 1. The molecule has 0 aliphatic carbocycles. The molecule has 0 spiro atoms. The summed E-state index contributed by atoms with van der Waals surface area (Å²) in [5.41, 5.74) is 1.24. The summed E-state index contributed by atoms with van der Waals surface area (Å²) in [7, 11) is -3.92. The van der Waals surface area contributed by atoms with Gasteiger partial charge in [-0.15, -0.1) is 10.2 Å². The Balaban J connectivity index is 1.76. The predicted octanol–water partition coefficient (Wildman–Crippen LogP) is 1.74. The molecule has 2 aromatic heterocycles. The van der Waals surface area contributed by atoms with E-state index < -0.39 is 10.0 Å². The third-order valence-corrected chi connectivity index (χ3v) is 5.48. The molecule has 0 saturated heterocycles. The van der Waals surface area contributed by atoms with Gasteiger partial charge < -0.3 is 9.88 Å². The monoisotopic (exact) mass is 418 g/mol. The van der Waals surface area contributed by atoms with Gasteiger partial charge >= 0.3 is 0 Å². The number of pyridine rings is 1. The summed E-state index contributed by atoms with van der Waals surface area (Å²) < 4.78 is 24.8. The van der Waals surface area contributed by atoms with E-state index in [-0.39, 0.29) is 16.7 Å². The standard InChI is InChI=1S/C17H18N6O3S2/c1-2-23-16(12-8-9-19-15(10-12)28(18,25)26)21-22-17(23)27-11-14(24)20-13-6-4-3-5-7-13/h3-10H,2,11H2,1H3,(H,20,24)(H2,18,25,26). The van der Waals surface area contributed by atoms with Crippen LogP contribution in [0.15, 0.2) is 58.8 Å². The molecular weight excluding hydrogens is 400 g/mol. The number of carbonyl (C=O) groups excluding carboxylic acids is 1. The molecule has 1 aromatic carbocycles. The largest absolute Gasteiger partial charge is 0.325 e. The fourth-order valence-electron chi connectivity index (χ4n) is 2.45. The maximum Gasteiger partial charge on any atom is 0.255 e. The Morgan fingerprint density at radius 3 is 2.64 bits per heavy atom. The van der Waals surface area contributed by atoms with E-state index >= 15 is 0 Å². The quantitative estimate of drug-likeness (QED) is 0.558. The van der Waals surface area contributed by atoms with E-state index in [0.717, 1.165) is 5.69 Å². The molecule has 146 valence electrons. The maximum atomic E-state index is 12.1. The first-order chi connectivity index (χ1) is 13.4. The highest BCUT2D eigenvalue weighted by Crippen LogP contribution is 2.25. The van der Waals surface area contributed by atoms with Crippen LogP contribution in [0.3, 0.4) is 0 Å². The average Bonchev–Trinajstić information content (AvgIpc) is 3.09. The van der Waals surface area contributed by atoms with Crippen molar-refractivity contribution in [2.75, 3.05) is 11.1 Å².